The fourth-order valence-corrected chi connectivity index (χ4v) is 4.37. The number of hydrogen-bond acceptors (Lipinski definition) is 8. The van der Waals surface area contributed by atoms with Crippen LogP contribution in [0.25, 0.3) is 0 Å². The molecule has 13 nitrogen and oxygen atoms in total. The molecule has 0 aromatic heterocycles. The lowest BCUT2D eigenvalue weighted by Gasteiger charge is -2.29. The van der Waals surface area contributed by atoms with E-state index in [0.29, 0.717) is 25.0 Å². The summed E-state index contributed by atoms with van der Waals surface area (Å²) in [6.07, 6.45) is 2.45. The molecule has 0 bridgehead atoms. The Morgan fingerprint density at radius 2 is 1.65 bits per heavy atom. The summed E-state index contributed by atoms with van der Waals surface area (Å²) in [7, 11) is 0. The molecule has 0 aliphatic carbocycles. The zero-order valence-corrected chi connectivity index (χ0v) is 22.5. The second-order valence-corrected chi connectivity index (χ2v) is 10.4. The van der Waals surface area contributed by atoms with Gasteiger partial charge in [0.2, 0.25) is 23.6 Å². The van der Waals surface area contributed by atoms with Crippen LogP contribution in [-0.4, -0.2) is 99.4 Å². The van der Waals surface area contributed by atoms with Crippen molar-refractivity contribution in [3.8, 4) is 0 Å². The summed E-state index contributed by atoms with van der Waals surface area (Å²) in [5, 5.41) is 25.8. The highest BCUT2D eigenvalue weighted by Crippen LogP contribution is 2.19. The molecule has 14 heteroatoms. The minimum atomic E-state index is -1.31. The van der Waals surface area contributed by atoms with Crippen LogP contribution in [0, 0.1) is 5.92 Å². The maximum atomic E-state index is 13.1. The highest BCUT2D eigenvalue weighted by atomic mass is 32.2. The lowest BCUT2D eigenvalue weighted by molar-refractivity contribution is -0.144. The van der Waals surface area contributed by atoms with Crippen molar-refractivity contribution in [2.75, 3.05) is 18.6 Å². The van der Waals surface area contributed by atoms with E-state index in [0.717, 1.165) is 0 Å². The third-order valence-corrected chi connectivity index (χ3v) is 6.69. The molecular weight excluding hydrogens is 506 g/mol. The molecule has 4 amide bonds. The first-order valence-electron chi connectivity index (χ1n) is 12.2. The minimum Gasteiger partial charge on any atom is -0.481 e. The van der Waals surface area contributed by atoms with Gasteiger partial charge in [0, 0.05) is 13.0 Å². The summed E-state index contributed by atoms with van der Waals surface area (Å²) in [5.74, 6) is -4.67. The molecule has 0 radical (unpaired) electrons. The predicted molar refractivity (Wildman–Crippen MR) is 137 cm³/mol. The number of amides is 4. The highest BCUT2D eigenvalue weighted by Gasteiger charge is 2.38. The number of carboxylic acids is 2. The third kappa shape index (κ3) is 10.2. The second-order valence-electron chi connectivity index (χ2n) is 9.37. The third-order valence-electron chi connectivity index (χ3n) is 6.05. The standard InChI is InChI=1S/C23H39N5O8S/c1-12(2)18(23(35)36)27-20(32)15(7-8-17(29)30)26-21(33)16-6-5-10-28(16)22(34)13(3)25-19(31)14(24)9-11-37-4/h12-16,18H,5-11,24H2,1-4H3,(H,25,31)(H,26,33)(H,27,32)(H,29,30)(H,35,36)/t13?,14?,15?,16-,18?/m0/s1. The first kappa shape index (κ1) is 32.2. The molecule has 210 valence electrons. The van der Waals surface area contributed by atoms with Crippen molar-refractivity contribution < 1.29 is 39.0 Å². The monoisotopic (exact) mass is 545 g/mol. The van der Waals surface area contributed by atoms with Crippen molar-refractivity contribution >= 4 is 47.3 Å². The van der Waals surface area contributed by atoms with Crippen LogP contribution in [0.4, 0.5) is 0 Å². The number of carbonyl (C=O) groups is 6. The average Bonchev–Trinajstić information content (AvgIpc) is 3.32. The summed E-state index contributed by atoms with van der Waals surface area (Å²) < 4.78 is 0. The maximum Gasteiger partial charge on any atom is 0.326 e. The van der Waals surface area contributed by atoms with Crippen molar-refractivity contribution in [1.82, 2.24) is 20.9 Å². The van der Waals surface area contributed by atoms with E-state index in [-0.39, 0.29) is 13.0 Å². The van der Waals surface area contributed by atoms with Crippen molar-refractivity contribution in [1.29, 1.82) is 0 Å². The van der Waals surface area contributed by atoms with Crippen LogP contribution >= 0.6 is 11.8 Å². The maximum absolute atomic E-state index is 13.1. The van der Waals surface area contributed by atoms with Gasteiger partial charge in [-0.25, -0.2) is 4.79 Å². The fraction of sp³-hybridized carbons (Fsp3) is 0.739. The van der Waals surface area contributed by atoms with Gasteiger partial charge in [0.1, 0.15) is 24.2 Å². The average molecular weight is 546 g/mol. The van der Waals surface area contributed by atoms with Gasteiger partial charge in [0.25, 0.3) is 0 Å². The molecule has 1 heterocycles. The second kappa shape index (κ2) is 15.4. The van der Waals surface area contributed by atoms with Gasteiger partial charge in [-0.05, 0) is 50.5 Å². The van der Waals surface area contributed by atoms with Gasteiger partial charge in [-0.1, -0.05) is 13.8 Å². The van der Waals surface area contributed by atoms with Crippen LogP contribution in [0.2, 0.25) is 0 Å². The number of aliphatic carboxylic acids is 2. The normalized spacial score (nSPS) is 18.4. The molecule has 1 aliphatic rings. The van der Waals surface area contributed by atoms with E-state index in [1.54, 1.807) is 25.6 Å². The van der Waals surface area contributed by atoms with Crippen molar-refractivity contribution in [3.05, 3.63) is 0 Å². The largest absolute Gasteiger partial charge is 0.481 e. The number of likely N-dealkylation sites (tertiary alicyclic amines) is 1. The lowest BCUT2D eigenvalue weighted by Crippen LogP contribution is -2.58. The molecule has 1 aliphatic heterocycles. The molecule has 0 saturated carbocycles. The van der Waals surface area contributed by atoms with E-state index < -0.39 is 78.1 Å². The van der Waals surface area contributed by atoms with Crippen LogP contribution in [0.15, 0.2) is 0 Å². The molecule has 0 aromatic carbocycles. The fourth-order valence-electron chi connectivity index (χ4n) is 3.88. The molecule has 1 saturated heterocycles. The van der Waals surface area contributed by atoms with E-state index in [1.807, 2.05) is 6.26 Å². The van der Waals surface area contributed by atoms with E-state index in [2.05, 4.69) is 16.0 Å². The Labute approximate surface area is 220 Å². The topological polar surface area (TPSA) is 208 Å². The summed E-state index contributed by atoms with van der Waals surface area (Å²) in [5.41, 5.74) is 5.85. The molecule has 37 heavy (non-hydrogen) atoms. The number of carboxylic acid groups (broad SMARTS) is 2. The van der Waals surface area contributed by atoms with Crippen LogP contribution in [0.1, 0.15) is 52.9 Å². The zero-order chi connectivity index (χ0) is 28.3. The molecule has 0 aromatic rings. The molecule has 1 fully saturated rings. The smallest absolute Gasteiger partial charge is 0.326 e. The number of nitrogens with zero attached hydrogens (tertiary/aromatic N) is 1. The highest BCUT2D eigenvalue weighted by molar-refractivity contribution is 7.98. The van der Waals surface area contributed by atoms with Crippen LogP contribution in [0.3, 0.4) is 0 Å². The zero-order valence-electron chi connectivity index (χ0n) is 21.7. The predicted octanol–water partition coefficient (Wildman–Crippen LogP) is -0.862. The number of rotatable bonds is 15. The Balaban J connectivity index is 2.92. The summed E-state index contributed by atoms with van der Waals surface area (Å²) in [6.45, 7) is 4.95. The van der Waals surface area contributed by atoms with Gasteiger partial charge in [-0.15, -0.1) is 0 Å². The Bertz CT molecular complexity index is 855. The lowest BCUT2D eigenvalue weighted by atomic mass is 10.0. The van der Waals surface area contributed by atoms with Gasteiger partial charge in [0.15, 0.2) is 0 Å². The number of thioether (sulfide) groups is 1. The molecule has 0 spiro atoms. The van der Waals surface area contributed by atoms with E-state index >= 15 is 0 Å². The van der Waals surface area contributed by atoms with Crippen LogP contribution in [-0.2, 0) is 28.8 Å². The van der Waals surface area contributed by atoms with Gasteiger partial charge in [-0.2, -0.15) is 11.8 Å². The summed E-state index contributed by atoms with van der Waals surface area (Å²) in [4.78, 5) is 75.1. The number of hydrogen-bond donors (Lipinski definition) is 6. The molecule has 7 N–H and O–H groups in total. The molecule has 5 atom stereocenters. The van der Waals surface area contributed by atoms with Gasteiger partial charge in [-0.3, -0.25) is 24.0 Å². The van der Waals surface area contributed by atoms with E-state index in [9.17, 15) is 33.9 Å². The quantitative estimate of drug-likeness (QED) is 0.150. The number of carbonyl (C=O) groups excluding carboxylic acids is 4. The first-order chi connectivity index (χ1) is 17.3. The minimum absolute atomic E-state index is 0.260. The van der Waals surface area contributed by atoms with Gasteiger partial charge in [0.05, 0.1) is 6.04 Å². The Morgan fingerprint density at radius 3 is 2.19 bits per heavy atom. The first-order valence-corrected chi connectivity index (χ1v) is 13.6. The number of nitrogens with two attached hydrogens (primary N) is 1. The van der Waals surface area contributed by atoms with Crippen LogP contribution in [0.5, 0.6) is 0 Å². The van der Waals surface area contributed by atoms with E-state index in [4.69, 9.17) is 10.8 Å². The molecule has 4 unspecified atom stereocenters. The Morgan fingerprint density at radius 1 is 1.00 bits per heavy atom. The van der Waals surface area contributed by atoms with Crippen LogP contribution < -0.4 is 21.7 Å². The summed E-state index contributed by atoms with van der Waals surface area (Å²) >= 11 is 1.54. The number of nitrogens with one attached hydrogen (secondary N) is 3. The van der Waals surface area contributed by atoms with Gasteiger partial charge >= 0.3 is 11.9 Å². The Kier molecular flexibility index (Phi) is 13.4. The van der Waals surface area contributed by atoms with E-state index in [1.165, 1.54) is 11.8 Å². The summed E-state index contributed by atoms with van der Waals surface area (Å²) in [6, 6.07) is -5.18. The van der Waals surface area contributed by atoms with Crippen molar-refractivity contribution in [2.24, 2.45) is 11.7 Å². The Hall–Kier alpha value is -2.87. The van der Waals surface area contributed by atoms with Crippen molar-refractivity contribution in [2.45, 2.75) is 83.1 Å². The molecular formula is C23H39N5O8S. The molecule has 1 rings (SSSR count). The van der Waals surface area contributed by atoms with Crippen molar-refractivity contribution in [3.63, 3.8) is 0 Å². The van der Waals surface area contributed by atoms with Gasteiger partial charge < -0.3 is 36.8 Å². The SMILES string of the molecule is CSCCC(N)C(=O)NC(C)C(=O)N1CCC[C@H]1C(=O)NC(CCC(=O)O)C(=O)NC(C(=O)O)C(C)C.